The molecule has 21 heavy (non-hydrogen) atoms. The first-order valence-electron chi connectivity index (χ1n) is 7.51. The zero-order chi connectivity index (χ0) is 15.6. The molecular formula is C16H23F3N2. The zero-order valence-corrected chi connectivity index (χ0v) is 12.6. The second kappa shape index (κ2) is 6.26. The molecule has 0 bridgehead atoms. The molecule has 2 nitrogen and oxygen atoms in total. The Morgan fingerprint density at radius 1 is 1.33 bits per heavy atom. The molecule has 1 unspecified atom stereocenters. The smallest absolute Gasteiger partial charge is 0.368 e. The van der Waals surface area contributed by atoms with Gasteiger partial charge in [-0.1, -0.05) is 19.9 Å². The molecule has 1 fully saturated rings. The number of halogens is 3. The molecule has 1 saturated heterocycles. The van der Waals surface area contributed by atoms with E-state index < -0.39 is 11.7 Å². The van der Waals surface area contributed by atoms with E-state index in [-0.39, 0.29) is 6.04 Å². The van der Waals surface area contributed by atoms with Crippen LogP contribution in [0.5, 0.6) is 0 Å². The van der Waals surface area contributed by atoms with E-state index in [1.54, 1.807) is 12.1 Å². The number of nitrogens with two attached hydrogens (primary N) is 1. The fraction of sp³-hybridized carbons (Fsp3) is 0.625. The summed E-state index contributed by atoms with van der Waals surface area (Å²) in [6, 6.07) is 4.84. The van der Waals surface area contributed by atoms with Crippen molar-refractivity contribution in [1.29, 1.82) is 0 Å². The van der Waals surface area contributed by atoms with Crippen molar-refractivity contribution in [3.63, 3.8) is 0 Å². The van der Waals surface area contributed by atoms with Gasteiger partial charge in [0.1, 0.15) is 0 Å². The summed E-state index contributed by atoms with van der Waals surface area (Å²) < 4.78 is 40.2. The van der Waals surface area contributed by atoms with E-state index >= 15 is 0 Å². The van der Waals surface area contributed by atoms with Gasteiger partial charge in [-0.05, 0) is 49.4 Å². The number of benzene rings is 1. The molecule has 2 rings (SSSR count). The minimum atomic E-state index is -4.33. The molecule has 1 aliphatic rings. The highest BCUT2D eigenvalue weighted by Crippen LogP contribution is 2.40. The lowest BCUT2D eigenvalue weighted by atomic mass is 9.99. The number of hydrogen-bond donors (Lipinski definition) is 1. The summed E-state index contributed by atoms with van der Waals surface area (Å²) in [4.78, 5) is 1.93. The van der Waals surface area contributed by atoms with Gasteiger partial charge < -0.3 is 10.6 Å². The first-order chi connectivity index (χ1) is 9.84. The third-order valence-corrected chi connectivity index (χ3v) is 4.18. The van der Waals surface area contributed by atoms with E-state index in [1.165, 1.54) is 6.07 Å². The van der Waals surface area contributed by atoms with Gasteiger partial charge in [-0.25, -0.2) is 0 Å². The monoisotopic (exact) mass is 300 g/mol. The van der Waals surface area contributed by atoms with Crippen LogP contribution < -0.4 is 10.6 Å². The van der Waals surface area contributed by atoms with Crippen LogP contribution in [-0.2, 0) is 12.6 Å². The molecule has 1 atom stereocenters. The second-order valence-corrected chi connectivity index (χ2v) is 6.03. The highest BCUT2D eigenvalue weighted by molar-refractivity contribution is 5.58. The van der Waals surface area contributed by atoms with Crippen molar-refractivity contribution >= 4 is 5.69 Å². The molecule has 2 N–H and O–H groups in total. The number of rotatable bonds is 4. The van der Waals surface area contributed by atoms with Crippen LogP contribution in [0.1, 0.15) is 37.8 Å². The second-order valence-electron chi connectivity index (χ2n) is 6.03. The summed E-state index contributed by atoms with van der Waals surface area (Å²) in [7, 11) is 0. The largest absolute Gasteiger partial charge is 0.418 e. The van der Waals surface area contributed by atoms with Crippen molar-refractivity contribution in [3.05, 3.63) is 29.3 Å². The Morgan fingerprint density at radius 2 is 2.05 bits per heavy atom. The van der Waals surface area contributed by atoms with Gasteiger partial charge in [0.25, 0.3) is 0 Å². The topological polar surface area (TPSA) is 29.3 Å². The van der Waals surface area contributed by atoms with Crippen molar-refractivity contribution < 1.29 is 13.2 Å². The van der Waals surface area contributed by atoms with Gasteiger partial charge in [-0.15, -0.1) is 0 Å². The predicted octanol–water partition coefficient (Wildman–Crippen LogP) is 3.83. The first-order valence-corrected chi connectivity index (χ1v) is 7.51. The molecular weight excluding hydrogens is 277 g/mol. The maximum absolute atomic E-state index is 13.4. The summed E-state index contributed by atoms with van der Waals surface area (Å²) in [6.45, 7) is 5.19. The third-order valence-electron chi connectivity index (χ3n) is 4.18. The molecule has 1 heterocycles. The van der Waals surface area contributed by atoms with Gasteiger partial charge in [0, 0.05) is 18.3 Å². The van der Waals surface area contributed by atoms with E-state index in [0.717, 1.165) is 12.8 Å². The number of hydrogen-bond acceptors (Lipinski definition) is 2. The molecule has 1 aromatic carbocycles. The van der Waals surface area contributed by atoms with E-state index in [0.29, 0.717) is 36.7 Å². The summed E-state index contributed by atoms with van der Waals surface area (Å²) in [5.74, 6) is 0.345. The Labute approximate surface area is 124 Å². The molecule has 0 aliphatic carbocycles. The highest BCUT2D eigenvalue weighted by atomic mass is 19.4. The van der Waals surface area contributed by atoms with Crippen LogP contribution in [0.4, 0.5) is 18.9 Å². The lowest BCUT2D eigenvalue weighted by molar-refractivity contribution is -0.137. The Hall–Kier alpha value is -1.23. The Kier molecular flexibility index (Phi) is 4.81. The molecule has 5 heteroatoms. The van der Waals surface area contributed by atoms with Crippen LogP contribution in [-0.4, -0.2) is 19.1 Å². The Bertz CT molecular complexity index is 483. The van der Waals surface area contributed by atoms with Crippen LogP contribution in [0.3, 0.4) is 0 Å². The van der Waals surface area contributed by atoms with Crippen LogP contribution in [0, 0.1) is 5.92 Å². The van der Waals surface area contributed by atoms with Crippen LogP contribution in [0.25, 0.3) is 0 Å². The normalized spacial score (nSPS) is 19.6. The van der Waals surface area contributed by atoms with Crippen LogP contribution in [0.15, 0.2) is 18.2 Å². The molecule has 1 aliphatic heterocycles. The molecule has 0 radical (unpaired) electrons. The average molecular weight is 300 g/mol. The molecule has 0 aromatic heterocycles. The maximum atomic E-state index is 13.4. The Balaban J connectivity index is 2.42. The van der Waals surface area contributed by atoms with Gasteiger partial charge in [0.15, 0.2) is 0 Å². The van der Waals surface area contributed by atoms with Crippen molar-refractivity contribution in [2.75, 3.05) is 18.0 Å². The lowest BCUT2D eigenvalue weighted by Gasteiger charge is -2.32. The van der Waals surface area contributed by atoms with Gasteiger partial charge in [0.05, 0.1) is 5.56 Å². The summed E-state index contributed by atoms with van der Waals surface area (Å²) >= 11 is 0. The maximum Gasteiger partial charge on any atom is 0.418 e. The SMILES string of the molecule is CC(C)C1CCCN1c1ccc(CCN)cc1C(F)(F)F. The Morgan fingerprint density at radius 3 is 2.62 bits per heavy atom. The van der Waals surface area contributed by atoms with Gasteiger partial charge >= 0.3 is 6.18 Å². The van der Waals surface area contributed by atoms with E-state index in [2.05, 4.69) is 13.8 Å². The van der Waals surface area contributed by atoms with E-state index in [1.807, 2.05) is 4.90 Å². The van der Waals surface area contributed by atoms with E-state index in [4.69, 9.17) is 5.73 Å². The summed E-state index contributed by atoms with van der Waals surface area (Å²) in [6.07, 6.45) is -1.95. The highest BCUT2D eigenvalue weighted by Gasteiger charge is 2.38. The average Bonchev–Trinajstić information content (AvgIpc) is 2.87. The van der Waals surface area contributed by atoms with Gasteiger partial charge in [0.2, 0.25) is 0 Å². The fourth-order valence-corrected chi connectivity index (χ4v) is 3.17. The van der Waals surface area contributed by atoms with Crippen molar-refractivity contribution in [2.24, 2.45) is 11.7 Å². The first kappa shape index (κ1) is 16.1. The fourth-order valence-electron chi connectivity index (χ4n) is 3.17. The van der Waals surface area contributed by atoms with Crippen LogP contribution >= 0.6 is 0 Å². The lowest BCUT2D eigenvalue weighted by Crippen LogP contribution is -2.34. The quantitative estimate of drug-likeness (QED) is 0.915. The van der Waals surface area contributed by atoms with Crippen LogP contribution in [0.2, 0.25) is 0 Å². The third kappa shape index (κ3) is 3.51. The standard InChI is InChI=1S/C16H23F3N2/c1-11(2)14-4-3-9-21(14)15-6-5-12(7-8-20)10-13(15)16(17,18)19/h5-6,10-11,14H,3-4,7-9,20H2,1-2H3. The minimum Gasteiger partial charge on any atom is -0.368 e. The number of alkyl halides is 3. The predicted molar refractivity (Wildman–Crippen MR) is 79.4 cm³/mol. The molecule has 0 spiro atoms. The summed E-state index contributed by atoms with van der Waals surface area (Å²) in [5.41, 5.74) is 5.89. The van der Waals surface area contributed by atoms with Gasteiger partial charge in [-0.3, -0.25) is 0 Å². The molecule has 1 aromatic rings. The zero-order valence-electron chi connectivity index (χ0n) is 12.6. The van der Waals surface area contributed by atoms with Gasteiger partial charge in [-0.2, -0.15) is 13.2 Å². The van der Waals surface area contributed by atoms with Crippen molar-refractivity contribution in [2.45, 2.75) is 45.3 Å². The molecule has 0 amide bonds. The van der Waals surface area contributed by atoms with E-state index in [9.17, 15) is 13.2 Å². The number of anilines is 1. The molecule has 118 valence electrons. The molecule has 0 saturated carbocycles. The van der Waals surface area contributed by atoms with Crippen molar-refractivity contribution in [3.8, 4) is 0 Å². The summed E-state index contributed by atoms with van der Waals surface area (Å²) in [5, 5.41) is 0. The number of nitrogens with zero attached hydrogens (tertiary/aromatic N) is 1. The minimum absolute atomic E-state index is 0.187. The van der Waals surface area contributed by atoms with Crippen molar-refractivity contribution in [1.82, 2.24) is 0 Å².